The molecule has 2 aliphatic rings. The van der Waals surface area contributed by atoms with Gasteiger partial charge in [-0.2, -0.15) is 0 Å². The molecule has 0 saturated carbocycles. The highest BCUT2D eigenvalue weighted by molar-refractivity contribution is 7.13. The van der Waals surface area contributed by atoms with E-state index in [9.17, 15) is 14.0 Å². The van der Waals surface area contributed by atoms with E-state index in [1.165, 1.54) is 34.6 Å². The third kappa shape index (κ3) is 4.55. The number of likely N-dealkylation sites (tertiary alicyclic amines) is 2. The van der Waals surface area contributed by atoms with Crippen molar-refractivity contribution < 1.29 is 14.0 Å². The van der Waals surface area contributed by atoms with Crippen molar-refractivity contribution in [3.63, 3.8) is 0 Å². The Morgan fingerprint density at radius 3 is 2.45 bits per heavy atom. The Morgan fingerprint density at radius 1 is 0.970 bits per heavy atom. The monoisotopic (exact) mass is 467 g/mol. The zero-order valence-corrected chi connectivity index (χ0v) is 19.1. The molecule has 7 nitrogen and oxygen atoms in total. The van der Waals surface area contributed by atoms with Crippen molar-refractivity contribution in [3.05, 3.63) is 53.4 Å². The standard InChI is InChI=1S/C24H26FN5O2S/c25-18-6-4-7-19(16-18)30-22(20-8-5-15-33-20)26-21(27-30)24(32)29-13-9-17(10-14-29)23(31)28-11-2-1-3-12-28/h4-8,15-17H,1-3,9-14H2. The Labute approximate surface area is 195 Å². The number of hydrogen-bond donors (Lipinski definition) is 0. The first-order valence-electron chi connectivity index (χ1n) is 11.4. The summed E-state index contributed by atoms with van der Waals surface area (Å²) in [5.41, 5.74) is 0.510. The summed E-state index contributed by atoms with van der Waals surface area (Å²) in [7, 11) is 0. The summed E-state index contributed by atoms with van der Waals surface area (Å²) >= 11 is 1.48. The first-order valence-corrected chi connectivity index (χ1v) is 12.3. The van der Waals surface area contributed by atoms with Crippen LogP contribution < -0.4 is 0 Å². The van der Waals surface area contributed by atoms with Crippen LogP contribution in [0.3, 0.4) is 0 Å². The molecule has 0 spiro atoms. The molecule has 33 heavy (non-hydrogen) atoms. The zero-order valence-electron chi connectivity index (χ0n) is 18.3. The summed E-state index contributed by atoms with van der Waals surface area (Å²) in [6, 6.07) is 9.88. The summed E-state index contributed by atoms with van der Waals surface area (Å²) in [6.45, 7) is 2.72. The molecule has 0 N–H and O–H groups in total. The molecule has 0 unspecified atom stereocenters. The van der Waals surface area contributed by atoms with Gasteiger partial charge in [0, 0.05) is 32.1 Å². The predicted molar refractivity (Wildman–Crippen MR) is 124 cm³/mol. The highest BCUT2D eigenvalue weighted by atomic mass is 32.1. The van der Waals surface area contributed by atoms with Gasteiger partial charge in [-0.1, -0.05) is 12.1 Å². The Bertz CT molecular complexity index is 1130. The van der Waals surface area contributed by atoms with Gasteiger partial charge in [-0.05, 0) is 61.7 Å². The van der Waals surface area contributed by atoms with Crippen molar-refractivity contribution in [2.45, 2.75) is 32.1 Å². The molecule has 4 heterocycles. The van der Waals surface area contributed by atoms with Crippen LogP contribution >= 0.6 is 11.3 Å². The molecule has 0 radical (unpaired) electrons. The smallest absolute Gasteiger partial charge is 0.293 e. The maximum atomic E-state index is 13.9. The Kier molecular flexibility index (Phi) is 6.22. The molecule has 2 saturated heterocycles. The lowest BCUT2D eigenvalue weighted by Gasteiger charge is -2.35. The van der Waals surface area contributed by atoms with E-state index in [1.807, 2.05) is 22.4 Å². The average Bonchev–Trinajstić information content (AvgIpc) is 3.54. The van der Waals surface area contributed by atoms with Crippen LogP contribution in [0.5, 0.6) is 0 Å². The highest BCUT2D eigenvalue weighted by Gasteiger charge is 2.32. The predicted octanol–water partition coefficient (Wildman–Crippen LogP) is 4.00. The number of carbonyl (C=O) groups is 2. The number of nitrogens with zero attached hydrogens (tertiary/aromatic N) is 5. The second-order valence-electron chi connectivity index (χ2n) is 8.58. The van der Waals surface area contributed by atoms with E-state index in [1.54, 1.807) is 17.0 Å². The van der Waals surface area contributed by atoms with E-state index in [0.29, 0.717) is 37.4 Å². The number of aromatic nitrogens is 3. The van der Waals surface area contributed by atoms with Gasteiger partial charge in [0.2, 0.25) is 11.7 Å². The zero-order chi connectivity index (χ0) is 22.8. The highest BCUT2D eigenvalue weighted by Crippen LogP contribution is 2.27. The molecule has 2 amide bonds. The first kappa shape index (κ1) is 21.8. The Hall–Kier alpha value is -3.07. The second-order valence-corrected chi connectivity index (χ2v) is 9.53. The molecule has 2 fully saturated rings. The molecule has 9 heteroatoms. The number of hydrogen-bond acceptors (Lipinski definition) is 5. The SMILES string of the molecule is O=C(c1nc(-c2cccs2)n(-c2cccc(F)c2)n1)N1CCC(C(=O)N2CCCCC2)CC1. The lowest BCUT2D eigenvalue weighted by atomic mass is 9.94. The van der Waals surface area contributed by atoms with Gasteiger partial charge >= 0.3 is 0 Å². The van der Waals surface area contributed by atoms with Crippen molar-refractivity contribution in [1.29, 1.82) is 0 Å². The molecule has 2 aliphatic heterocycles. The van der Waals surface area contributed by atoms with Crippen LogP contribution in [-0.4, -0.2) is 62.6 Å². The minimum atomic E-state index is -0.381. The van der Waals surface area contributed by atoms with Crippen LogP contribution in [-0.2, 0) is 4.79 Å². The summed E-state index contributed by atoms with van der Waals surface area (Å²) in [5, 5.41) is 6.38. The topological polar surface area (TPSA) is 71.3 Å². The van der Waals surface area contributed by atoms with Crippen LogP contribution in [0, 0.1) is 11.7 Å². The summed E-state index contributed by atoms with van der Waals surface area (Å²) < 4.78 is 15.4. The van der Waals surface area contributed by atoms with Crippen molar-refractivity contribution in [3.8, 4) is 16.4 Å². The summed E-state index contributed by atoms with van der Waals surface area (Å²) in [5.74, 6) is 0.166. The van der Waals surface area contributed by atoms with E-state index in [4.69, 9.17) is 0 Å². The van der Waals surface area contributed by atoms with E-state index >= 15 is 0 Å². The van der Waals surface area contributed by atoms with Crippen molar-refractivity contribution in [2.24, 2.45) is 5.92 Å². The quantitative estimate of drug-likeness (QED) is 0.582. The van der Waals surface area contributed by atoms with E-state index < -0.39 is 0 Å². The number of rotatable bonds is 4. The number of amides is 2. The van der Waals surface area contributed by atoms with Gasteiger partial charge in [0.25, 0.3) is 5.91 Å². The van der Waals surface area contributed by atoms with Gasteiger partial charge in [-0.3, -0.25) is 9.59 Å². The minimum absolute atomic E-state index is 0.0216. The molecule has 5 rings (SSSR count). The number of carbonyl (C=O) groups excluding carboxylic acids is 2. The molecule has 2 aromatic heterocycles. The second kappa shape index (κ2) is 9.43. The molecular weight excluding hydrogens is 441 g/mol. The average molecular weight is 468 g/mol. The molecule has 0 atom stereocenters. The van der Waals surface area contributed by atoms with Gasteiger partial charge < -0.3 is 9.80 Å². The maximum Gasteiger partial charge on any atom is 0.293 e. The van der Waals surface area contributed by atoms with Crippen LogP contribution in [0.4, 0.5) is 4.39 Å². The lowest BCUT2D eigenvalue weighted by molar-refractivity contribution is -0.137. The number of piperidine rings is 2. The Balaban J connectivity index is 1.33. The molecular formula is C24H26FN5O2S. The van der Waals surface area contributed by atoms with Crippen LogP contribution in [0.1, 0.15) is 42.7 Å². The first-order chi connectivity index (χ1) is 16.1. The number of thiophene rings is 1. The van der Waals surface area contributed by atoms with Crippen LogP contribution in [0.25, 0.3) is 16.4 Å². The van der Waals surface area contributed by atoms with E-state index in [0.717, 1.165) is 30.8 Å². The summed E-state index contributed by atoms with van der Waals surface area (Å²) in [6.07, 6.45) is 4.66. The van der Waals surface area contributed by atoms with Gasteiger partial charge in [-0.25, -0.2) is 14.1 Å². The van der Waals surface area contributed by atoms with Crippen LogP contribution in [0.15, 0.2) is 41.8 Å². The van der Waals surface area contributed by atoms with Gasteiger partial charge in [0.1, 0.15) is 5.82 Å². The third-order valence-electron chi connectivity index (χ3n) is 6.39. The maximum absolute atomic E-state index is 13.9. The van der Waals surface area contributed by atoms with Crippen molar-refractivity contribution in [2.75, 3.05) is 26.2 Å². The minimum Gasteiger partial charge on any atom is -0.342 e. The van der Waals surface area contributed by atoms with Crippen molar-refractivity contribution >= 4 is 23.2 Å². The number of benzene rings is 1. The molecule has 0 bridgehead atoms. The lowest BCUT2D eigenvalue weighted by Crippen LogP contribution is -2.45. The van der Waals surface area contributed by atoms with Crippen molar-refractivity contribution in [1.82, 2.24) is 24.6 Å². The molecule has 172 valence electrons. The molecule has 3 aromatic rings. The largest absolute Gasteiger partial charge is 0.342 e. The van der Waals surface area contributed by atoms with E-state index in [-0.39, 0.29) is 29.4 Å². The van der Waals surface area contributed by atoms with Gasteiger partial charge in [0.15, 0.2) is 5.82 Å². The van der Waals surface area contributed by atoms with E-state index in [2.05, 4.69) is 10.1 Å². The summed E-state index contributed by atoms with van der Waals surface area (Å²) in [4.78, 5) is 35.2. The fourth-order valence-corrected chi connectivity index (χ4v) is 5.30. The van der Waals surface area contributed by atoms with Gasteiger partial charge in [-0.15, -0.1) is 16.4 Å². The fourth-order valence-electron chi connectivity index (χ4n) is 4.60. The molecule has 1 aromatic carbocycles. The molecule has 0 aliphatic carbocycles. The third-order valence-corrected chi connectivity index (χ3v) is 7.26. The fraction of sp³-hybridized carbons (Fsp3) is 0.417. The normalized spacial score (nSPS) is 17.4. The van der Waals surface area contributed by atoms with Gasteiger partial charge in [0.05, 0.1) is 10.6 Å². The number of halogens is 1. The Morgan fingerprint density at radius 2 is 1.76 bits per heavy atom. The van der Waals surface area contributed by atoms with Crippen LogP contribution in [0.2, 0.25) is 0 Å².